The Morgan fingerprint density at radius 1 is 1.00 bits per heavy atom. The van der Waals surface area contributed by atoms with Crippen LogP contribution in [0.2, 0.25) is 0 Å². The molecule has 11 nitrogen and oxygen atoms in total. The first-order chi connectivity index (χ1) is 21.8. The molecule has 0 atom stereocenters. The number of amides is 2. The first-order valence-electron chi connectivity index (χ1n) is 13.9. The number of esters is 1. The van der Waals surface area contributed by atoms with E-state index in [1.165, 1.54) is 16.2 Å². The van der Waals surface area contributed by atoms with E-state index < -0.39 is 36.5 Å². The number of halogens is 3. The molecule has 0 spiro atoms. The first kappa shape index (κ1) is 38.2. The highest BCUT2D eigenvalue weighted by atomic mass is 32.1. The first-order valence-corrected chi connectivity index (χ1v) is 14.7. The normalized spacial score (nSPS) is 12.6. The minimum atomic E-state index is -5.08. The van der Waals surface area contributed by atoms with Gasteiger partial charge in [-0.1, -0.05) is 50.3 Å². The number of primary amides is 1. The van der Waals surface area contributed by atoms with Crippen LogP contribution in [0, 0.1) is 0 Å². The lowest BCUT2D eigenvalue weighted by atomic mass is 9.94. The number of nitrogens with zero attached hydrogens (tertiary/aromatic N) is 1. The van der Waals surface area contributed by atoms with Gasteiger partial charge in [0.1, 0.15) is 11.4 Å². The summed E-state index contributed by atoms with van der Waals surface area (Å²) in [6, 6.07) is 15.6. The average Bonchev–Trinajstić information content (AvgIpc) is 3.52. The van der Waals surface area contributed by atoms with E-state index in [1.54, 1.807) is 49.4 Å². The third kappa shape index (κ3) is 9.98. The molecule has 1 aliphatic rings. The Labute approximate surface area is 272 Å². The summed E-state index contributed by atoms with van der Waals surface area (Å²) in [5.41, 5.74) is 14.7. The number of benzene rings is 2. The van der Waals surface area contributed by atoms with Gasteiger partial charge in [0.05, 0.1) is 12.2 Å². The number of ether oxygens (including phenoxy) is 1. The number of hydrogen-bond acceptors (Lipinski definition) is 8. The molecule has 0 bridgehead atoms. The molecule has 0 saturated heterocycles. The van der Waals surface area contributed by atoms with Gasteiger partial charge in [-0.2, -0.15) is 13.2 Å². The van der Waals surface area contributed by atoms with E-state index >= 15 is 0 Å². The van der Waals surface area contributed by atoms with E-state index in [4.69, 9.17) is 31.2 Å². The summed E-state index contributed by atoms with van der Waals surface area (Å²) in [7, 11) is 0. The average molecular weight is 678 g/mol. The number of carboxylic acid groups (broad SMARTS) is 2. The fourth-order valence-electron chi connectivity index (χ4n) is 4.52. The molecule has 6 N–H and O–H groups in total. The quantitative estimate of drug-likeness (QED) is 0.231. The summed E-state index contributed by atoms with van der Waals surface area (Å²) in [6.45, 7) is 7.99. The maximum Gasteiger partial charge on any atom is 0.490 e. The van der Waals surface area contributed by atoms with Crippen molar-refractivity contribution in [3.05, 3.63) is 92.7 Å². The van der Waals surface area contributed by atoms with Gasteiger partial charge in [0.2, 0.25) is 0 Å². The number of alkyl halides is 3. The van der Waals surface area contributed by atoms with Crippen molar-refractivity contribution in [3.8, 4) is 0 Å². The lowest BCUT2D eigenvalue weighted by Gasteiger charge is -2.21. The van der Waals surface area contributed by atoms with E-state index in [-0.39, 0.29) is 17.9 Å². The van der Waals surface area contributed by atoms with Gasteiger partial charge in [0.15, 0.2) is 0 Å². The SMILES string of the molecule is CCOC(=O)c1c(C(N)=O)sc2c1C(C)=CC2(C)C.NCc1cccc(C(=O)N(CC(=O)O)c2ccccc2)c1.O=C(O)C(F)(F)F. The van der Waals surface area contributed by atoms with Crippen molar-refractivity contribution in [1.82, 2.24) is 0 Å². The van der Waals surface area contributed by atoms with E-state index in [1.807, 2.05) is 19.1 Å². The van der Waals surface area contributed by atoms with Gasteiger partial charge in [-0.05, 0) is 49.2 Å². The molecular formula is C32H34F3N3O8S. The minimum Gasteiger partial charge on any atom is -0.480 e. The molecule has 2 amide bonds. The standard InChI is InChI=1S/C16H16N2O3.C14H17NO3S.C2HF3O2/c17-10-12-5-4-6-13(9-12)16(21)18(11-15(19)20)14-7-2-1-3-8-14;1-5-18-13(17)9-8-7(2)6-14(3,4)11(8)19-10(9)12(15)16;3-2(4,5)1(6)7/h1-9H,10-11,17H2,(H,19,20);6H,5H2,1-4H3,(H2,15,16);(H,6,7). The van der Waals surface area contributed by atoms with Crippen LogP contribution in [0.25, 0.3) is 5.57 Å². The van der Waals surface area contributed by atoms with Gasteiger partial charge in [0.25, 0.3) is 11.8 Å². The van der Waals surface area contributed by atoms with Crippen LogP contribution in [0.4, 0.5) is 18.9 Å². The Hall–Kier alpha value is -5.02. The Bertz CT molecular complexity index is 1670. The molecule has 47 heavy (non-hydrogen) atoms. The molecule has 252 valence electrons. The highest BCUT2D eigenvalue weighted by molar-refractivity contribution is 7.15. The van der Waals surface area contributed by atoms with Crippen LogP contribution in [-0.2, 0) is 26.3 Å². The number of fused-ring (bicyclic) bond motifs is 1. The van der Waals surface area contributed by atoms with Crippen molar-refractivity contribution in [3.63, 3.8) is 0 Å². The van der Waals surface area contributed by atoms with Crippen molar-refractivity contribution in [2.75, 3.05) is 18.1 Å². The zero-order valence-electron chi connectivity index (χ0n) is 25.9. The third-order valence-corrected chi connectivity index (χ3v) is 7.97. The fraction of sp³-hybridized carbons (Fsp3) is 0.281. The Balaban J connectivity index is 0.000000274. The maximum atomic E-state index is 12.6. The van der Waals surface area contributed by atoms with Gasteiger partial charge in [-0.15, -0.1) is 11.3 Å². The number of anilines is 1. The van der Waals surface area contributed by atoms with Crippen molar-refractivity contribution in [1.29, 1.82) is 0 Å². The maximum absolute atomic E-state index is 12.6. The number of rotatable bonds is 8. The summed E-state index contributed by atoms with van der Waals surface area (Å²) in [5.74, 6) is -5.24. The second kappa shape index (κ2) is 16.0. The van der Waals surface area contributed by atoms with E-state index in [9.17, 15) is 32.3 Å². The molecule has 1 heterocycles. The number of allylic oxidation sites excluding steroid dienone is 2. The lowest BCUT2D eigenvalue weighted by molar-refractivity contribution is -0.192. The second-order valence-corrected chi connectivity index (χ2v) is 11.5. The number of nitrogens with two attached hydrogens (primary N) is 2. The van der Waals surface area contributed by atoms with Gasteiger partial charge in [-0.3, -0.25) is 19.3 Å². The summed E-state index contributed by atoms with van der Waals surface area (Å²) in [6.07, 6.45) is -2.98. The molecular weight excluding hydrogens is 643 g/mol. The predicted molar refractivity (Wildman–Crippen MR) is 169 cm³/mol. The van der Waals surface area contributed by atoms with Crippen molar-refractivity contribution in [2.45, 2.75) is 45.8 Å². The number of carbonyl (C=O) groups is 5. The topological polar surface area (TPSA) is 190 Å². The number of hydrogen-bond donors (Lipinski definition) is 4. The molecule has 0 aliphatic heterocycles. The molecule has 2 aromatic carbocycles. The third-order valence-electron chi connectivity index (χ3n) is 6.43. The van der Waals surface area contributed by atoms with Crippen molar-refractivity contribution >= 4 is 52.3 Å². The smallest absolute Gasteiger partial charge is 0.480 e. The molecule has 0 fully saturated rings. The van der Waals surface area contributed by atoms with Crippen LogP contribution in [0.15, 0.2) is 60.7 Å². The molecule has 4 rings (SSSR count). The zero-order chi connectivity index (χ0) is 35.7. The summed E-state index contributed by atoms with van der Waals surface area (Å²) >= 11 is 1.29. The fourth-order valence-corrected chi connectivity index (χ4v) is 5.80. The van der Waals surface area contributed by atoms with Crippen LogP contribution in [-0.4, -0.2) is 59.3 Å². The number of carbonyl (C=O) groups excluding carboxylic acids is 3. The predicted octanol–water partition coefficient (Wildman–Crippen LogP) is 5.23. The molecule has 0 saturated carbocycles. The van der Waals surface area contributed by atoms with E-state index in [0.717, 1.165) is 21.6 Å². The second-order valence-electron chi connectivity index (χ2n) is 10.5. The Kier molecular flexibility index (Phi) is 13.0. The molecule has 0 unspecified atom stereocenters. The van der Waals surface area contributed by atoms with Gasteiger partial charge in [-0.25, -0.2) is 9.59 Å². The number of para-hydroxylation sites is 1. The van der Waals surface area contributed by atoms with Crippen LogP contribution in [0.5, 0.6) is 0 Å². The molecule has 1 aromatic heterocycles. The minimum absolute atomic E-state index is 0.182. The molecule has 1 aliphatic carbocycles. The number of aliphatic carboxylic acids is 2. The summed E-state index contributed by atoms with van der Waals surface area (Å²) < 4.78 is 36.8. The van der Waals surface area contributed by atoms with E-state index in [2.05, 4.69) is 19.9 Å². The van der Waals surface area contributed by atoms with Crippen molar-refractivity contribution in [2.24, 2.45) is 11.5 Å². The van der Waals surface area contributed by atoms with Crippen LogP contribution >= 0.6 is 11.3 Å². The monoisotopic (exact) mass is 677 g/mol. The van der Waals surface area contributed by atoms with Crippen molar-refractivity contribution < 1.29 is 52.1 Å². The summed E-state index contributed by atoms with van der Waals surface area (Å²) in [4.78, 5) is 58.7. The number of thiophene rings is 1. The van der Waals surface area contributed by atoms with E-state index in [0.29, 0.717) is 28.2 Å². The molecule has 0 radical (unpaired) electrons. The van der Waals surface area contributed by atoms with Gasteiger partial charge < -0.3 is 26.4 Å². The van der Waals surface area contributed by atoms with Crippen LogP contribution < -0.4 is 16.4 Å². The Morgan fingerprint density at radius 2 is 1.60 bits per heavy atom. The molecule has 3 aromatic rings. The van der Waals surface area contributed by atoms with Crippen LogP contribution in [0.1, 0.15) is 74.1 Å². The van der Waals surface area contributed by atoms with Gasteiger partial charge >= 0.3 is 24.1 Å². The highest BCUT2D eigenvalue weighted by Crippen LogP contribution is 2.47. The number of carboxylic acids is 2. The zero-order valence-corrected chi connectivity index (χ0v) is 26.7. The molecule has 15 heteroatoms. The Morgan fingerprint density at radius 3 is 2.09 bits per heavy atom. The highest BCUT2D eigenvalue weighted by Gasteiger charge is 2.39. The van der Waals surface area contributed by atoms with Gasteiger partial charge in [0, 0.05) is 33.7 Å². The lowest BCUT2D eigenvalue weighted by Crippen LogP contribution is -2.35. The summed E-state index contributed by atoms with van der Waals surface area (Å²) in [5, 5.41) is 16.2. The van der Waals surface area contributed by atoms with Crippen LogP contribution in [0.3, 0.4) is 0 Å². The largest absolute Gasteiger partial charge is 0.490 e.